The van der Waals surface area contributed by atoms with Crippen LogP contribution in [0, 0.1) is 5.41 Å². The van der Waals surface area contributed by atoms with Crippen LogP contribution in [-0.2, 0) is 4.74 Å². The average molecular weight is 319 g/mol. The standard InChI is InChI=1S/C12H13BrClNO2/c1-12(6-17-7-12)5-15-11(16)9-3-2-8(14)4-10(9)13/h2-4H,5-7H2,1H3,(H,15,16). The molecule has 0 saturated carbocycles. The van der Waals surface area contributed by atoms with Gasteiger partial charge in [0, 0.05) is 21.5 Å². The number of ether oxygens (including phenoxy) is 1. The van der Waals surface area contributed by atoms with Crippen molar-refractivity contribution >= 4 is 33.4 Å². The van der Waals surface area contributed by atoms with Gasteiger partial charge in [-0.2, -0.15) is 0 Å². The van der Waals surface area contributed by atoms with Crippen LogP contribution in [-0.4, -0.2) is 25.7 Å². The highest BCUT2D eigenvalue weighted by atomic mass is 79.9. The SMILES string of the molecule is CC1(CNC(=O)c2ccc(Cl)cc2Br)COC1. The maximum Gasteiger partial charge on any atom is 0.252 e. The van der Waals surface area contributed by atoms with Gasteiger partial charge in [-0.3, -0.25) is 4.79 Å². The van der Waals surface area contributed by atoms with Gasteiger partial charge in [-0.15, -0.1) is 0 Å². The highest BCUT2D eigenvalue weighted by Gasteiger charge is 2.33. The molecule has 92 valence electrons. The lowest BCUT2D eigenvalue weighted by Crippen LogP contribution is -2.48. The first-order chi connectivity index (χ1) is 8.00. The highest BCUT2D eigenvalue weighted by Crippen LogP contribution is 2.26. The molecule has 1 aromatic carbocycles. The Kier molecular flexibility index (Phi) is 3.76. The van der Waals surface area contributed by atoms with Crippen molar-refractivity contribution in [2.45, 2.75) is 6.92 Å². The third-order valence-corrected chi connectivity index (χ3v) is 3.64. The summed E-state index contributed by atoms with van der Waals surface area (Å²) in [5.74, 6) is -0.0957. The van der Waals surface area contributed by atoms with E-state index in [4.69, 9.17) is 16.3 Å². The summed E-state index contributed by atoms with van der Waals surface area (Å²) in [6.07, 6.45) is 0. The fourth-order valence-electron chi connectivity index (χ4n) is 1.62. The molecule has 0 unspecified atom stereocenters. The molecule has 17 heavy (non-hydrogen) atoms. The topological polar surface area (TPSA) is 38.3 Å². The maximum atomic E-state index is 11.9. The van der Waals surface area contributed by atoms with Crippen molar-refractivity contribution in [2.75, 3.05) is 19.8 Å². The summed E-state index contributed by atoms with van der Waals surface area (Å²) < 4.78 is 5.84. The summed E-state index contributed by atoms with van der Waals surface area (Å²) in [6, 6.07) is 5.13. The molecule has 1 heterocycles. The van der Waals surface area contributed by atoms with Gasteiger partial charge in [0.1, 0.15) is 0 Å². The lowest BCUT2D eigenvalue weighted by molar-refractivity contribution is -0.0978. The van der Waals surface area contributed by atoms with Crippen LogP contribution in [0.5, 0.6) is 0 Å². The number of carbonyl (C=O) groups excluding carboxylic acids is 1. The monoisotopic (exact) mass is 317 g/mol. The summed E-state index contributed by atoms with van der Waals surface area (Å²) in [5.41, 5.74) is 0.674. The first kappa shape index (κ1) is 12.9. The van der Waals surface area contributed by atoms with Crippen LogP contribution in [0.3, 0.4) is 0 Å². The van der Waals surface area contributed by atoms with Crippen LogP contribution in [0.15, 0.2) is 22.7 Å². The van der Waals surface area contributed by atoms with Crippen molar-refractivity contribution in [3.8, 4) is 0 Å². The van der Waals surface area contributed by atoms with Crippen molar-refractivity contribution in [2.24, 2.45) is 5.41 Å². The molecule has 1 saturated heterocycles. The van der Waals surface area contributed by atoms with Gasteiger partial charge in [0.25, 0.3) is 5.91 Å². The molecule has 1 aliphatic rings. The Morgan fingerprint density at radius 2 is 2.29 bits per heavy atom. The molecule has 0 radical (unpaired) electrons. The number of carbonyl (C=O) groups is 1. The predicted molar refractivity (Wildman–Crippen MR) is 70.4 cm³/mol. The second-order valence-electron chi connectivity index (χ2n) is 4.61. The summed E-state index contributed by atoms with van der Waals surface area (Å²) in [5, 5.41) is 3.51. The van der Waals surface area contributed by atoms with Crippen LogP contribution in [0.1, 0.15) is 17.3 Å². The molecule has 3 nitrogen and oxygen atoms in total. The predicted octanol–water partition coefficient (Wildman–Crippen LogP) is 2.87. The maximum absolute atomic E-state index is 11.9. The van der Waals surface area contributed by atoms with Gasteiger partial charge in [0.2, 0.25) is 0 Å². The molecule has 0 aromatic heterocycles. The van der Waals surface area contributed by atoms with E-state index in [1.807, 2.05) is 0 Å². The first-order valence-electron chi connectivity index (χ1n) is 5.31. The molecule has 0 spiro atoms. The molecular weight excluding hydrogens is 305 g/mol. The van der Waals surface area contributed by atoms with Gasteiger partial charge < -0.3 is 10.1 Å². The zero-order chi connectivity index (χ0) is 12.5. The zero-order valence-electron chi connectivity index (χ0n) is 9.43. The number of nitrogens with one attached hydrogen (secondary N) is 1. The molecule has 0 bridgehead atoms. The molecule has 1 N–H and O–H groups in total. The van der Waals surface area contributed by atoms with Crippen molar-refractivity contribution in [3.05, 3.63) is 33.3 Å². The van der Waals surface area contributed by atoms with Crippen LogP contribution in [0.2, 0.25) is 5.02 Å². The van der Waals surface area contributed by atoms with E-state index in [-0.39, 0.29) is 11.3 Å². The van der Waals surface area contributed by atoms with E-state index in [1.165, 1.54) is 0 Å². The Hall–Kier alpha value is -0.580. The van der Waals surface area contributed by atoms with Crippen molar-refractivity contribution in [3.63, 3.8) is 0 Å². The molecular formula is C12H13BrClNO2. The minimum absolute atomic E-state index is 0.0779. The van der Waals surface area contributed by atoms with Gasteiger partial charge in [-0.25, -0.2) is 0 Å². The molecule has 1 aliphatic heterocycles. The molecule has 2 rings (SSSR count). The third kappa shape index (κ3) is 3.00. The Labute approximate surface area is 114 Å². The van der Waals surface area contributed by atoms with Gasteiger partial charge >= 0.3 is 0 Å². The van der Waals surface area contributed by atoms with E-state index in [0.717, 1.165) is 0 Å². The van der Waals surface area contributed by atoms with E-state index in [0.29, 0.717) is 34.8 Å². The number of benzene rings is 1. The minimum atomic E-state index is -0.0957. The Balaban J connectivity index is 1.99. The summed E-state index contributed by atoms with van der Waals surface area (Å²) in [7, 11) is 0. The summed E-state index contributed by atoms with van der Waals surface area (Å²) in [4.78, 5) is 11.9. The zero-order valence-corrected chi connectivity index (χ0v) is 11.8. The van der Waals surface area contributed by atoms with Crippen molar-refractivity contribution < 1.29 is 9.53 Å². The minimum Gasteiger partial charge on any atom is -0.380 e. The number of halogens is 2. The van der Waals surface area contributed by atoms with E-state index in [9.17, 15) is 4.79 Å². The second-order valence-corrected chi connectivity index (χ2v) is 5.90. The Morgan fingerprint density at radius 3 is 2.82 bits per heavy atom. The number of hydrogen-bond acceptors (Lipinski definition) is 2. The number of hydrogen-bond donors (Lipinski definition) is 1. The molecule has 0 atom stereocenters. The van der Waals surface area contributed by atoms with Gasteiger partial charge in [0.15, 0.2) is 0 Å². The summed E-state index contributed by atoms with van der Waals surface area (Å²) >= 11 is 9.15. The molecule has 5 heteroatoms. The third-order valence-electron chi connectivity index (χ3n) is 2.75. The quantitative estimate of drug-likeness (QED) is 0.930. The van der Waals surface area contributed by atoms with Gasteiger partial charge in [0.05, 0.1) is 18.8 Å². The second kappa shape index (κ2) is 4.96. The molecule has 1 fully saturated rings. The van der Waals surface area contributed by atoms with Gasteiger partial charge in [-0.1, -0.05) is 18.5 Å². The van der Waals surface area contributed by atoms with E-state index < -0.39 is 0 Å². The number of rotatable bonds is 3. The van der Waals surface area contributed by atoms with E-state index in [1.54, 1.807) is 18.2 Å². The normalized spacial score (nSPS) is 17.4. The Bertz CT molecular complexity index is 446. The molecule has 1 aromatic rings. The average Bonchev–Trinajstić information content (AvgIpc) is 2.23. The number of amides is 1. The highest BCUT2D eigenvalue weighted by molar-refractivity contribution is 9.10. The van der Waals surface area contributed by atoms with Gasteiger partial charge in [-0.05, 0) is 34.1 Å². The lowest BCUT2D eigenvalue weighted by atomic mass is 9.89. The molecule has 1 amide bonds. The van der Waals surface area contributed by atoms with Crippen LogP contribution in [0.25, 0.3) is 0 Å². The van der Waals surface area contributed by atoms with Crippen LogP contribution in [0.4, 0.5) is 0 Å². The van der Waals surface area contributed by atoms with Crippen molar-refractivity contribution in [1.82, 2.24) is 5.32 Å². The fraction of sp³-hybridized carbons (Fsp3) is 0.417. The van der Waals surface area contributed by atoms with E-state index in [2.05, 4.69) is 28.2 Å². The summed E-state index contributed by atoms with van der Waals surface area (Å²) in [6.45, 7) is 4.12. The fourth-order valence-corrected chi connectivity index (χ4v) is 2.48. The van der Waals surface area contributed by atoms with Crippen LogP contribution < -0.4 is 5.32 Å². The molecule has 0 aliphatic carbocycles. The largest absolute Gasteiger partial charge is 0.380 e. The first-order valence-corrected chi connectivity index (χ1v) is 6.48. The van der Waals surface area contributed by atoms with Crippen molar-refractivity contribution in [1.29, 1.82) is 0 Å². The van der Waals surface area contributed by atoms with Crippen LogP contribution >= 0.6 is 27.5 Å². The Morgan fingerprint density at radius 1 is 1.59 bits per heavy atom. The van der Waals surface area contributed by atoms with E-state index >= 15 is 0 Å². The lowest BCUT2D eigenvalue weighted by Gasteiger charge is -2.38. The smallest absolute Gasteiger partial charge is 0.252 e.